The highest BCUT2D eigenvalue weighted by atomic mass is 16.5. The topological polar surface area (TPSA) is 40.6 Å². The second-order valence-electron chi connectivity index (χ2n) is 5.74. The molecule has 0 saturated carbocycles. The van der Waals surface area contributed by atoms with Gasteiger partial charge in [0, 0.05) is 18.7 Å². The van der Waals surface area contributed by atoms with Gasteiger partial charge in [0.1, 0.15) is 24.7 Å². The Hall–Kier alpha value is -2.51. The molecule has 1 aromatic carbocycles. The van der Waals surface area contributed by atoms with E-state index in [9.17, 15) is 0 Å². The fourth-order valence-electron chi connectivity index (χ4n) is 2.57. The molecule has 1 saturated heterocycles. The van der Waals surface area contributed by atoms with E-state index < -0.39 is 0 Å². The second-order valence-corrected chi connectivity index (χ2v) is 5.74. The summed E-state index contributed by atoms with van der Waals surface area (Å²) >= 11 is 0. The number of ether oxygens (including phenoxy) is 3. The minimum absolute atomic E-state index is 0.128. The molecule has 1 aliphatic rings. The summed E-state index contributed by atoms with van der Waals surface area (Å²) in [7, 11) is 0. The van der Waals surface area contributed by atoms with Crippen LogP contribution in [0.25, 0.3) is 0 Å². The van der Waals surface area contributed by atoms with Crippen LogP contribution in [0.3, 0.4) is 0 Å². The standard InChI is InChI=1S/C20H21NO3/c1-2-17-12-19(23-14-16-8-4-3-5-9-16)13-20(21-17)24-15-18-10-6-7-11-22-18/h1,3-5,8-9,12-13,18H,6-7,10-11,14-15H2. The third-order valence-corrected chi connectivity index (χ3v) is 3.86. The fourth-order valence-corrected chi connectivity index (χ4v) is 2.57. The van der Waals surface area contributed by atoms with Crippen LogP contribution in [0.15, 0.2) is 42.5 Å². The predicted octanol–water partition coefficient (Wildman–Crippen LogP) is 3.59. The molecule has 3 rings (SSSR count). The van der Waals surface area contributed by atoms with Gasteiger partial charge in [-0.1, -0.05) is 30.3 Å². The number of hydrogen-bond donors (Lipinski definition) is 0. The minimum atomic E-state index is 0.128. The third-order valence-electron chi connectivity index (χ3n) is 3.86. The van der Waals surface area contributed by atoms with Gasteiger partial charge in [-0.25, -0.2) is 4.98 Å². The summed E-state index contributed by atoms with van der Waals surface area (Å²) in [6, 6.07) is 13.5. The van der Waals surface area contributed by atoms with Gasteiger partial charge in [-0.3, -0.25) is 0 Å². The minimum Gasteiger partial charge on any atom is -0.489 e. The number of terminal acetylenes is 1. The molecule has 1 atom stereocenters. The van der Waals surface area contributed by atoms with E-state index in [4.69, 9.17) is 20.6 Å². The number of rotatable bonds is 6. The maximum absolute atomic E-state index is 5.82. The van der Waals surface area contributed by atoms with Crippen molar-refractivity contribution in [2.45, 2.75) is 32.0 Å². The first-order valence-corrected chi connectivity index (χ1v) is 8.23. The first kappa shape index (κ1) is 16.4. The van der Waals surface area contributed by atoms with Gasteiger partial charge in [0.05, 0.1) is 6.10 Å². The lowest BCUT2D eigenvalue weighted by atomic mass is 10.1. The second kappa shape index (κ2) is 8.37. The van der Waals surface area contributed by atoms with Crippen molar-refractivity contribution in [3.8, 4) is 24.0 Å². The van der Waals surface area contributed by atoms with Crippen molar-refractivity contribution in [3.63, 3.8) is 0 Å². The number of nitrogens with zero attached hydrogens (tertiary/aromatic N) is 1. The van der Waals surface area contributed by atoms with E-state index in [2.05, 4.69) is 10.9 Å². The van der Waals surface area contributed by atoms with Crippen LogP contribution >= 0.6 is 0 Å². The molecule has 4 heteroatoms. The predicted molar refractivity (Wildman–Crippen MR) is 92.0 cm³/mol. The summed E-state index contributed by atoms with van der Waals surface area (Å²) < 4.78 is 17.3. The van der Waals surface area contributed by atoms with Crippen molar-refractivity contribution in [2.24, 2.45) is 0 Å². The van der Waals surface area contributed by atoms with E-state index in [1.807, 2.05) is 30.3 Å². The van der Waals surface area contributed by atoms with Crippen LogP contribution in [0, 0.1) is 12.3 Å². The van der Waals surface area contributed by atoms with Gasteiger partial charge >= 0.3 is 0 Å². The fraction of sp³-hybridized carbons (Fsp3) is 0.350. The highest BCUT2D eigenvalue weighted by Crippen LogP contribution is 2.21. The largest absolute Gasteiger partial charge is 0.489 e. The van der Waals surface area contributed by atoms with E-state index >= 15 is 0 Å². The molecule has 0 amide bonds. The maximum Gasteiger partial charge on any atom is 0.218 e. The van der Waals surface area contributed by atoms with Crippen LogP contribution in [0.4, 0.5) is 0 Å². The highest BCUT2D eigenvalue weighted by Gasteiger charge is 2.15. The van der Waals surface area contributed by atoms with Crippen molar-refractivity contribution in [2.75, 3.05) is 13.2 Å². The zero-order chi connectivity index (χ0) is 16.6. The molecule has 4 nitrogen and oxygen atoms in total. The number of aromatic nitrogens is 1. The summed E-state index contributed by atoms with van der Waals surface area (Å²) in [5.74, 6) is 3.67. The maximum atomic E-state index is 5.82. The van der Waals surface area contributed by atoms with Crippen molar-refractivity contribution in [1.29, 1.82) is 0 Å². The Balaban J connectivity index is 1.62. The average Bonchev–Trinajstić information content (AvgIpc) is 2.66. The molecule has 0 radical (unpaired) electrons. The third kappa shape index (κ3) is 4.74. The van der Waals surface area contributed by atoms with Gasteiger partial charge in [-0.05, 0) is 30.7 Å². The van der Waals surface area contributed by atoms with E-state index in [0.29, 0.717) is 30.5 Å². The van der Waals surface area contributed by atoms with E-state index in [1.165, 1.54) is 6.42 Å². The number of pyridine rings is 1. The number of benzene rings is 1. The van der Waals surface area contributed by atoms with Crippen LogP contribution in [-0.2, 0) is 11.3 Å². The Morgan fingerprint density at radius 2 is 2.04 bits per heavy atom. The number of hydrogen-bond acceptors (Lipinski definition) is 4. The molecule has 1 aliphatic heterocycles. The zero-order valence-electron chi connectivity index (χ0n) is 13.6. The van der Waals surface area contributed by atoms with E-state index in [-0.39, 0.29) is 6.10 Å². The summed E-state index contributed by atoms with van der Waals surface area (Å²) in [6.07, 6.45) is 8.94. The molecular weight excluding hydrogens is 302 g/mol. The first-order valence-electron chi connectivity index (χ1n) is 8.23. The van der Waals surface area contributed by atoms with Crippen LogP contribution in [0.2, 0.25) is 0 Å². The Morgan fingerprint density at radius 1 is 1.17 bits per heavy atom. The summed E-state index contributed by atoms with van der Waals surface area (Å²) in [4.78, 5) is 4.30. The Kier molecular flexibility index (Phi) is 5.70. The lowest BCUT2D eigenvalue weighted by molar-refractivity contribution is -0.0120. The average molecular weight is 323 g/mol. The van der Waals surface area contributed by atoms with Crippen molar-refractivity contribution >= 4 is 0 Å². The first-order chi connectivity index (χ1) is 11.8. The smallest absolute Gasteiger partial charge is 0.218 e. The molecular formula is C20H21NO3. The molecule has 0 aliphatic carbocycles. The normalized spacial score (nSPS) is 17.0. The van der Waals surface area contributed by atoms with Gasteiger partial charge in [-0.2, -0.15) is 0 Å². The lowest BCUT2D eigenvalue weighted by Gasteiger charge is -2.22. The molecule has 24 heavy (non-hydrogen) atoms. The molecule has 1 aromatic heterocycles. The zero-order valence-corrected chi connectivity index (χ0v) is 13.6. The lowest BCUT2D eigenvalue weighted by Crippen LogP contribution is -2.26. The van der Waals surface area contributed by atoms with Crippen LogP contribution < -0.4 is 9.47 Å². The van der Waals surface area contributed by atoms with Crippen LogP contribution in [-0.4, -0.2) is 24.3 Å². The quantitative estimate of drug-likeness (QED) is 0.762. The van der Waals surface area contributed by atoms with Gasteiger partial charge in [-0.15, -0.1) is 6.42 Å². The highest BCUT2D eigenvalue weighted by molar-refractivity contribution is 5.37. The van der Waals surface area contributed by atoms with Gasteiger partial charge in [0.25, 0.3) is 0 Å². The van der Waals surface area contributed by atoms with Crippen LogP contribution in [0.1, 0.15) is 30.5 Å². The monoisotopic (exact) mass is 323 g/mol. The van der Waals surface area contributed by atoms with Crippen LogP contribution in [0.5, 0.6) is 11.6 Å². The summed E-state index contributed by atoms with van der Waals surface area (Å²) in [5.41, 5.74) is 1.59. The van der Waals surface area contributed by atoms with Crippen molar-refractivity contribution in [3.05, 3.63) is 53.7 Å². The molecule has 1 unspecified atom stereocenters. The van der Waals surface area contributed by atoms with Gasteiger partial charge < -0.3 is 14.2 Å². The Labute approximate surface area is 142 Å². The van der Waals surface area contributed by atoms with Crippen molar-refractivity contribution < 1.29 is 14.2 Å². The molecule has 0 bridgehead atoms. The van der Waals surface area contributed by atoms with Gasteiger partial charge in [0.2, 0.25) is 5.88 Å². The Morgan fingerprint density at radius 3 is 2.79 bits per heavy atom. The Bertz CT molecular complexity index is 688. The molecule has 2 heterocycles. The van der Waals surface area contributed by atoms with E-state index in [1.54, 1.807) is 12.1 Å². The molecule has 0 N–H and O–H groups in total. The molecule has 124 valence electrons. The molecule has 1 fully saturated rings. The molecule has 0 spiro atoms. The van der Waals surface area contributed by atoms with Gasteiger partial charge in [0.15, 0.2) is 0 Å². The van der Waals surface area contributed by atoms with E-state index in [0.717, 1.165) is 25.0 Å². The molecule has 2 aromatic rings. The summed E-state index contributed by atoms with van der Waals surface area (Å²) in [6.45, 7) is 1.76. The summed E-state index contributed by atoms with van der Waals surface area (Å²) in [5, 5.41) is 0. The van der Waals surface area contributed by atoms with Crippen molar-refractivity contribution in [1.82, 2.24) is 4.98 Å². The SMILES string of the molecule is C#Cc1cc(OCc2ccccc2)cc(OCC2CCCCO2)n1.